The maximum absolute atomic E-state index is 12.1. The number of thiazole rings is 1. The van der Waals surface area contributed by atoms with Crippen LogP contribution in [0.1, 0.15) is 27.9 Å². The average Bonchev–Trinajstić information content (AvgIpc) is 2.99. The summed E-state index contributed by atoms with van der Waals surface area (Å²) in [6.45, 7) is 3.58. The molecule has 0 fully saturated rings. The maximum atomic E-state index is 12.1. The van der Waals surface area contributed by atoms with Crippen LogP contribution in [0.25, 0.3) is 10.6 Å². The fourth-order valence-electron chi connectivity index (χ4n) is 1.99. The fourth-order valence-corrected chi connectivity index (χ4v) is 2.96. The quantitative estimate of drug-likeness (QED) is 0.647. The van der Waals surface area contributed by atoms with Crippen molar-refractivity contribution in [3.05, 3.63) is 40.4 Å². The summed E-state index contributed by atoms with van der Waals surface area (Å²) in [5.41, 5.74) is 2.78. The van der Waals surface area contributed by atoms with Gasteiger partial charge in [-0.05, 0) is 18.9 Å². The number of aromatic nitrogens is 1. The zero-order valence-corrected chi connectivity index (χ0v) is 14.4. The van der Waals surface area contributed by atoms with Crippen molar-refractivity contribution in [1.82, 2.24) is 10.3 Å². The SMILES string of the molecule is C#CCNC(=O)COC(=O)c1sc(-c2ccc(CC)cc2)nc1C. The lowest BCUT2D eigenvalue weighted by molar-refractivity contribution is -0.123. The summed E-state index contributed by atoms with van der Waals surface area (Å²) in [7, 11) is 0. The molecule has 1 aromatic heterocycles. The Bertz CT molecular complexity index is 773. The molecule has 0 saturated heterocycles. The van der Waals surface area contributed by atoms with E-state index >= 15 is 0 Å². The Balaban J connectivity index is 2.06. The highest BCUT2D eigenvalue weighted by atomic mass is 32.1. The number of carbonyl (C=O) groups is 2. The Kier molecular flexibility index (Phi) is 6.10. The molecule has 5 nitrogen and oxygen atoms in total. The molecule has 0 saturated carbocycles. The minimum atomic E-state index is -0.558. The summed E-state index contributed by atoms with van der Waals surface area (Å²) in [4.78, 5) is 28.4. The van der Waals surface area contributed by atoms with E-state index in [1.165, 1.54) is 16.9 Å². The molecule has 0 atom stereocenters. The number of esters is 1. The molecule has 0 bridgehead atoms. The molecule has 0 radical (unpaired) electrons. The van der Waals surface area contributed by atoms with E-state index in [1.807, 2.05) is 24.3 Å². The molecule has 0 aliphatic heterocycles. The molecule has 0 aliphatic carbocycles. The van der Waals surface area contributed by atoms with Gasteiger partial charge in [-0.2, -0.15) is 0 Å². The normalized spacial score (nSPS) is 10.0. The first-order valence-electron chi connectivity index (χ1n) is 7.49. The third-order valence-electron chi connectivity index (χ3n) is 3.31. The number of terminal acetylenes is 1. The molecule has 0 unspecified atom stereocenters. The second-order valence-corrected chi connectivity index (χ2v) is 6.04. The van der Waals surface area contributed by atoms with Crippen LogP contribution in [-0.4, -0.2) is 30.0 Å². The highest BCUT2D eigenvalue weighted by Crippen LogP contribution is 2.28. The first kappa shape index (κ1) is 17.7. The van der Waals surface area contributed by atoms with Crippen molar-refractivity contribution in [3.63, 3.8) is 0 Å². The highest BCUT2D eigenvalue weighted by molar-refractivity contribution is 7.17. The second kappa shape index (κ2) is 8.27. The minimum absolute atomic E-state index is 0.105. The van der Waals surface area contributed by atoms with Crippen molar-refractivity contribution in [1.29, 1.82) is 0 Å². The fraction of sp³-hybridized carbons (Fsp3) is 0.278. The van der Waals surface area contributed by atoms with Crippen molar-refractivity contribution in [3.8, 4) is 22.9 Å². The van der Waals surface area contributed by atoms with Gasteiger partial charge in [0.2, 0.25) is 0 Å². The van der Waals surface area contributed by atoms with E-state index in [0.717, 1.165) is 17.0 Å². The highest BCUT2D eigenvalue weighted by Gasteiger charge is 2.18. The Labute approximate surface area is 145 Å². The van der Waals surface area contributed by atoms with E-state index in [-0.39, 0.29) is 13.2 Å². The Morgan fingerprint density at radius 1 is 1.33 bits per heavy atom. The van der Waals surface area contributed by atoms with Crippen LogP contribution in [0, 0.1) is 19.3 Å². The van der Waals surface area contributed by atoms with Gasteiger partial charge in [0.1, 0.15) is 9.88 Å². The molecule has 1 amide bonds. The molecule has 2 rings (SSSR count). The number of ether oxygens (including phenoxy) is 1. The number of hydrogen-bond acceptors (Lipinski definition) is 5. The van der Waals surface area contributed by atoms with Gasteiger partial charge >= 0.3 is 5.97 Å². The lowest BCUT2D eigenvalue weighted by atomic mass is 10.1. The molecular formula is C18H18N2O3S. The van der Waals surface area contributed by atoms with Crippen molar-refractivity contribution in [2.75, 3.05) is 13.2 Å². The van der Waals surface area contributed by atoms with Crippen LogP contribution >= 0.6 is 11.3 Å². The number of rotatable bonds is 6. The summed E-state index contributed by atoms with van der Waals surface area (Å²) >= 11 is 1.25. The molecule has 124 valence electrons. The molecule has 0 aliphatic rings. The standard InChI is InChI=1S/C18H18N2O3S/c1-4-10-19-15(21)11-23-18(22)16-12(3)20-17(24-16)14-8-6-13(5-2)7-9-14/h1,6-9H,5,10-11H2,2-3H3,(H,19,21). The Morgan fingerprint density at radius 3 is 2.67 bits per heavy atom. The zero-order chi connectivity index (χ0) is 17.5. The summed E-state index contributed by atoms with van der Waals surface area (Å²) < 4.78 is 5.00. The predicted octanol–water partition coefficient (Wildman–Crippen LogP) is 2.59. The van der Waals surface area contributed by atoms with Gasteiger partial charge in [0.05, 0.1) is 12.2 Å². The van der Waals surface area contributed by atoms with Crippen LogP contribution in [-0.2, 0) is 16.0 Å². The van der Waals surface area contributed by atoms with Gasteiger partial charge in [0.25, 0.3) is 5.91 Å². The number of amides is 1. The lowest BCUT2D eigenvalue weighted by Gasteiger charge is -2.03. The van der Waals surface area contributed by atoms with Crippen molar-refractivity contribution in [2.45, 2.75) is 20.3 Å². The number of nitrogens with zero attached hydrogens (tertiary/aromatic N) is 1. The van der Waals surface area contributed by atoms with Crippen LogP contribution in [0.4, 0.5) is 0 Å². The molecule has 24 heavy (non-hydrogen) atoms. The number of nitrogens with one attached hydrogen (secondary N) is 1. The maximum Gasteiger partial charge on any atom is 0.350 e. The zero-order valence-electron chi connectivity index (χ0n) is 13.6. The van der Waals surface area contributed by atoms with E-state index in [0.29, 0.717) is 10.6 Å². The van der Waals surface area contributed by atoms with Crippen LogP contribution < -0.4 is 5.32 Å². The summed E-state index contributed by atoms with van der Waals surface area (Å²) in [5.74, 6) is 1.29. The number of carbonyl (C=O) groups excluding carboxylic acids is 2. The van der Waals surface area contributed by atoms with Crippen molar-refractivity contribution in [2.24, 2.45) is 0 Å². The largest absolute Gasteiger partial charge is 0.451 e. The molecular weight excluding hydrogens is 324 g/mol. The van der Waals surface area contributed by atoms with E-state index in [2.05, 4.69) is 23.1 Å². The van der Waals surface area contributed by atoms with Gasteiger partial charge in [-0.15, -0.1) is 17.8 Å². The smallest absolute Gasteiger partial charge is 0.350 e. The molecule has 1 N–H and O–H groups in total. The summed E-state index contributed by atoms with van der Waals surface area (Å²) in [6.07, 6.45) is 6.01. The van der Waals surface area contributed by atoms with E-state index in [4.69, 9.17) is 11.2 Å². The van der Waals surface area contributed by atoms with Crippen LogP contribution in [0.3, 0.4) is 0 Å². The summed E-state index contributed by atoms with van der Waals surface area (Å²) in [6, 6.07) is 8.05. The van der Waals surface area contributed by atoms with Crippen LogP contribution in [0.2, 0.25) is 0 Å². The molecule has 2 aromatic rings. The van der Waals surface area contributed by atoms with E-state index in [1.54, 1.807) is 6.92 Å². The van der Waals surface area contributed by atoms with Gasteiger partial charge in [-0.1, -0.05) is 37.1 Å². The second-order valence-electron chi connectivity index (χ2n) is 5.04. The van der Waals surface area contributed by atoms with Crippen LogP contribution in [0.15, 0.2) is 24.3 Å². The van der Waals surface area contributed by atoms with E-state index in [9.17, 15) is 9.59 Å². The monoisotopic (exact) mass is 342 g/mol. The summed E-state index contributed by atoms with van der Waals surface area (Å²) in [5, 5.41) is 3.18. The first-order valence-corrected chi connectivity index (χ1v) is 8.30. The van der Waals surface area contributed by atoms with E-state index < -0.39 is 11.9 Å². The van der Waals surface area contributed by atoms with Crippen molar-refractivity contribution >= 4 is 23.2 Å². The van der Waals surface area contributed by atoms with Gasteiger partial charge in [0.15, 0.2) is 6.61 Å². The molecule has 1 heterocycles. The lowest BCUT2D eigenvalue weighted by Crippen LogP contribution is -2.28. The average molecular weight is 342 g/mol. The number of aryl methyl sites for hydroxylation is 2. The van der Waals surface area contributed by atoms with Gasteiger partial charge in [-0.3, -0.25) is 4.79 Å². The number of benzene rings is 1. The van der Waals surface area contributed by atoms with Crippen molar-refractivity contribution < 1.29 is 14.3 Å². The third-order valence-corrected chi connectivity index (χ3v) is 4.50. The molecule has 1 aromatic carbocycles. The van der Waals surface area contributed by atoms with Gasteiger partial charge in [0, 0.05) is 5.56 Å². The third kappa shape index (κ3) is 4.43. The topological polar surface area (TPSA) is 68.3 Å². The molecule has 0 spiro atoms. The number of hydrogen-bond donors (Lipinski definition) is 1. The van der Waals surface area contributed by atoms with Gasteiger partial charge < -0.3 is 10.1 Å². The Morgan fingerprint density at radius 2 is 2.04 bits per heavy atom. The first-order chi connectivity index (χ1) is 11.5. The predicted molar refractivity (Wildman–Crippen MR) is 93.8 cm³/mol. The minimum Gasteiger partial charge on any atom is -0.451 e. The molecule has 6 heteroatoms. The van der Waals surface area contributed by atoms with Crippen LogP contribution in [0.5, 0.6) is 0 Å². The Hall–Kier alpha value is -2.65. The van der Waals surface area contributed by atoms with Gasteiger partial charge in [-0.25, -0.2) is 9.78 Å².